The molecule has 1 atom stereocenters. The molecule has 4 amide bonds. The number of carboxylic acids is 1. The number of carbonyl (C=O) groups is 3. The Bertz CT molecular complexity index is 1230. The number of rotatable bonds is 8. The summed E-state index contributed by atoms with van der Waals surface area (Å²) in [5.74, 6) is -0.335. The van der Waals surface area contributed by atoms with Gasteiger partial charge in [-0.25, -0.2) is 14.5 Å². The Labute approximate surface area is 222 Å². The van der Waals surface area contributed by atoms with Crippen LogP contribution in [-0.2, 0) is 11.3 Å². The van der Waals surface area contributed by atoms with Gasteiger partial charge in [0.15, 0.2) is 0 Å². The minimum Gasteiger partial charge on any atom is -0.481 e. The van der Waals surface area contributed by atoms with E-state index >= 15 is 0 Å². The maximum absolute atomic E-state index is 12.2. The van der Waals surface area contributed by atoms with Crippen LogP contribution in [0, 0.1) is 6.92 Å². The number of amides is 4. The molecular formula is C24H25ClN6O5S. The summed E-state index contributed by atoms with van der Waals surface area (Å²) in [7, 11) is 0. The van der Waals surface area contributed by atoms with Crippen molar-refractivity contribution in [2.24, 2.45) is 4.99 Å². The molecule has 0 saturated carbocycles. The van der Waals surface area contributed by atoms with E-state index in [-0.39, 0.29) is 25.7 Å². The molecule has 1 saturated heterocycles. The Morgan fingerprint density at radius 2 is 2.08 bits per heavy atom. The van der Waals surface area contributed by atoms with Gasteiger partial charge in [0, 0.05) is 29.6 Å². The Morgan fingerprint density at radius 3 is 2.73 bits per heavy atom. The molecule has 1 aliphatic heterocycles. The molecule has 1 fully saturated rings. The van der Waals surface area contributed by atoms with Crippen LogP contribution in [0.3, 0.4) is 0 Å². The predicted molar refractivity (Wildman–Crippen MR) is 140 cm³/mol. The number of nitrogens with one attached hydrogen (secondary N) is 1. The minimum atomic E-state index is -1.06. The maximum Gasteiger partial charge on any atom is 0.329 e. The molecule has 4 rings (SSSR count). The summed E-state index contributed by atoms with van der Waals surface area (Å²) in [5, 5.41) is 12.4. The molecule has 2 heterocycles. The molecule has 11 nitrogen and oxygen atoms in total. The van der Waals surface area contributed by atoms with Crippen molar-refractivity contribution in [1.29, 1.82) is 0 Å². The zero-order valence-corrected chi connectivity index (χ0v) is 21.5. The molecule has 0 spiro atoms. The highest BCUT2D eigenvalue weighted by Crippen LogP contribution is 2.18. The number of nitrogens with zero attached hydrogens (tertiary/aromatic N) is 5. The number of ether oxygens (including phenoxy) is 1. The standard InChI is InChI=1S/C13H14ClN3O4.C11H11N3OS/c14-10-3-1-9(2-4-10)7-16-8-15-12(20)17(13(16)21)6-5-11(18)19;1-8-13-11(16-14-8)15-10-5-3-4-9(12-2)6-7-10/h1-4H,5-8H2,(H,15,20)(H,18,19);3-7,10H,2H2,1H3. The Kier molecular flexibility index (Phi) is 9.92. The fourth-order valence-corrected chi connectivity index (χ4v) is 3.83. The first-order valence-electron chi connectivity index (χ1n) is 11.1. The van der Waals surface area contributed by atoms with E-state index < -0.39 is 18.0 Å². The van der Waals surface area contributed by atoms with E-state index in [1.165, 1.54) is 16.4 Å². The van der Waals surface area contributed by atoms with Crippen molar-refractivity contribution in [3.05, 3.63) is 76.8 Å². The number of aryl methyl sites for hydroxylation is 1. The molecule has 1 aliphatic carbocycles. The molecule has 37 heavy (non-hydrogen) atoms. The first-order chi connectivity index (χ1) is 17.7. The number of halogens is 1. The number of hydrogen-bond acceptors (Lipinski definition) is 8. The van der Waals surface area contributed by atoms with Crippen molar-refractivity contribution in [2.75, 3.05) is 13.2 Å². The number of carbonyl (C=O) groups excluding carboxylic acids is 2. The third kappa shape index (κ3) is 8.54. The highest BCUT2D eigenvalue weighted by atomic mass is 35.5. The molecular weight excluding hydrogens is 520 g/mol. The normalized spacial score (nSPS) is 16.8. The van der Waals surface area contributed by atoms with E-state index in [0.717, 1.165) is 22.0 Å². The summed E-state index contributed by atoms with van der Waals surface area (Å²) in [6.45, 7) is 5.55. The number of carboxylic acid groups (broad SMARTS) is 1. The Hall–Kier alpha value is -4.03. The molecule has 0 radical (unpaired) electrons. The van der Waals surface area contributed by atoms with Crippen LogP contribution >= 0.6 is 23.1 Å². The average Bonchev–Trinajstić information content (AvgIpc) is 3.14. The van der Waals surface area contributed by atoms with E-state index in [1.54, 1.807) is 24.3 Å². The molecule has 194 valence electrons. The third-order valence-corrected chi connectivity index (χ3v) is 5.91. The van der Waals surface area contributed by atoms with Crippen molar-refractivity contribution in [2.45, 2.75) is 26.0 Å². The monoisotopic (exact) mass is 544 g/mol. The van der Waals surface area contributed by atoms with Gasteiger partial charge in [-0.3, -0.25) is 9.79 Å². The lowest BCUT2D eigenvalue weighted by Crippen LogP contribution is -2.59. The smallest absolute Gasteiger partial charge is 0.329 e. The van der Waals surface area contributed by atoms with Crippen molar-refractivity contribution in [3.63, 3.8) is 0 Å². The zero-order chi connectivity index (χ0) is 26.8. The van der Waals surface area contributed by atoms with Gasteiger partial charge in [0.2, 0.25) is 0 Å². The van der Waals surface area contributed by atoms with E-state index in [1.807, 2.05) is 37.3 Å². The summed E-state index contributed by atoms with van der Waals surface area (Å²) in [6.07, 6.45) is 9.04. The van der Waals surface area contributed by atoms with E-state index in [0.29, 0.717) is 16.8 Å². The second-order valence-corrected chi connectivity index (χ2v) is 8.88. The predicted octanol–water partition coefficient (Wildman–Crippen LogP) is 4.02. The zero-order valence-electron chi connectivity index (χ0n) is 19.9. The van der Waals surface area contributed by atoms with Crippen molar-refractivity contribution < 1.29 is 24.2 Å². The fourth-order valence-electron chi connectivity index (χ4n) is 3.13. The molecule has 2 N–H and O–H groups in total. The molecule has 1 aromatic carbocycles. The number of hydrogen-bond donors (Lipinski definition) is 2. The first-order valence-corrected chi connectivity index (χ1v) is 12.2. The largest absolute Gasteiger partial charge is 0.481 e. The quantitative estimate of drug-likeness (QED) is 0.479. The van der Waals surface area contributed by atoms with Crippen LogP contribution in [-0.4, -0.2) is 68.3 Å². The third-order valence-electron chi connectivity index (χ3n) is 4.96. The van der Waals surface area contributed by atoms with Gasteiger partial charge in [-0.2, -0.15) is 9.36 Å². The highest BCUT2D eigenvalue weighted by Gasteiger charge is 2.31. The number of imide groups is 1. The molecule has 2 aliphatic rings. The van der Waals surface area contributed by atoms with Gasteiger partial charge >= 0.3 is 18.0 Å². The van der Waals surface area contributed by atoms with E-state index in [2.05, 4.69) is 26.4 Å². The van der Waals surface area contributed by atoms with Crippen LogP contribution in [0.5, 0.6) is 5.19 Å². The van der Waals surface area contributed by atoms with Gasteiger partial charge < -0.3 is 20.1 Å². The number of aromatic nitrogens is 2. The van der Waals surface area contributed by atoms with Crippen LogP contribution in [0.15, 0.2) is 65.3 Å². The second kappa shape index (κ2) is 13.3. The topological polar surface area (TPSA) is 137 Å². The van der Waals surface area contributed by atoms with Gasteiger partial charge in [0.1, 0.15) is 11.9 Å². The lowest BCUT2D eigenvalue weighted by Gasteiger charge is -2.34. The minimum absolute atomic E-state index is 0.0872. The van der Waals surface area contributed by atoms with Gasteiger partial charge in [0.25, 0.3) is 5.19 Å². The Morgan fingerprint density at radius 1 is 1.32 bits per heavy atom. The van der Waals surface area contributed by atoms with Crippen LogP contribution in [0.1, 0.15) is 17.8 Å². The summed E-state index contributed by atoms with van der Waals surface area (Å²) in [6, 6.07) is 5.92. The van der Waals surface area contributed by atoms with Gasteiger partial charge in [0.05, 0.1) is 18.8 Å². The molecule has 0 bridgehead atoms. The fraction of sp³-hybridized carbons (Fsp3) is 0.250. The van der Waals surface area contributed by atoms with Gasteiger partial charge in [-0.1, -0.05) is 29.8 Å². The molecule has 1 aromatic heterocycles. The van der Waals surface area contributed by atoms with Crippen LogP contribution in [0.25, 0.3) is 0 Å². The number of urea groups is 2. The second-order valence-electron chi connectivity index (χ2n) is 7.73. The summed E-state index contributed by atoms with van der Waals surface area (Å²) >= 11 is 7.05. The lowest BCUT2D eigenvalue weighted by molar-refractivity contribution is -0.137. The van der Waals surface area contributed by atoms with Crippen LogP contribution in [0.4, 0.5) is 9.59 Å². The first kappa shape index (κ1) is 27.6. The van der Waals surface area contributed by atoms with E-state index in [4.69, 9.17) is 21.4 Å². The van der Waals surface area contributed by atoms with Crippen LogP contribution < -0.4 is 10.1 Å². The number of aliphatic imine (C=N–C) groups is 1. The van der Waals surface area contributed by atoms with Crippen molar-refractivity contribution in [3.8, 4) is 5.19 Å². The molecule has 2 aromatic rings. The lowest BCUT2D eigenvalue weighted by atomic mass is 10.2. The number of aliphatic carboxylic acids is 1. The number of benzene rings is 1. The molecule has 13 heteroatoms. The van der Waals surface area contributed by atoms with E-state index in [9.17, 15) is 14.4 Å². The maximum atomic E-state index is 12.2. The summed E-state index contributed by atoms with van der Waals surface area (Å²) in [4.78, 5) is 44.7. The summed E-state index contributed by atoms with van der Waals surface area (Å²) < 4.78 is 9.68. The summed E-state index contributed by atoms with van der Waals surface area (Å²) in [5.41, 5.74) is 1.68. The van der Waals surface area contributed by atoms with Crippen molar-refractivity contribution in [1.82, 2.24) is 24.5 Å². The Balaban J connectivity index is 0.000000213. The highest BCUT2D eigenvalue weighted by molar-refractivity contribution is 7.07. The van der Waals surface area contributed by atoms with Crippen LogP contribution in [0.2, 0.25) is 5.02 Å². The van der Waals surface area contributed by atoms with Gasteiger partial charge in [-0.05, 0) is 55.6 Å². The average molecular weight is 545 g/mol. The van der Waals surface area contributed by atoms with Gasteiger partial charge in [-0.15, -0.1) is 0 Å². The van der Waals surface area contributed by atoms with Crippen molar-refractivity contribution >= 4 is 47.9 Å². The molecule has 1 unspecified atom stereocenters. The SMILES string of the molecule is C=NC1=CC=CC(Oc2nc(C)ns2)C=C1.O=C(O)CCN1C(=O)NCN(Cc2ccc(Cl)cc2)C1=O. The number of allylic oxidation sites excluding steroid dienone is 3.